The topological polar surface area (TPSA) is 68.3 Å². The largest absolute Gasteiger partial charge is 0.457 e. The van der Waals surface area contributed by atoms with Crippen LogP contribution in [0.2, 0.25) is 0 Å². The minimum absolute atomic E-state index is 0.0165. The van der Waals surface area contributed by atoms with E-state index < -0.39 is 0 Å². The van der Waals surface area contributed by atoms with E-state index in [1.807, 2.05) is 60.7 Å². The number of aromatic nitrogens is 1. The van der Waals surface area contributed by atoms with Crippen molar-refractivity contribution in [2.45, 2.75) is 6.42 Å². The number of nitrogens with zero attached hydrogens (tertiary/aromatic N) is 1. The van der Waals surface area contributed by atoms with Crippen LogP contribution < -0.4 is 10.1 Å². The summed E-state index contributed by atoms with van der Waals surface area (Å²) in [7, 11) is 0. The lowest BCUT2D eigenvalue weighted by Crippen LogP contribution is -2.30. The fourth-order valence-electron chi connectivity index (χ4n) is 3.21. The molecule has 4 rings (SSSR count). The molecule has 0 atom stereocenters. The predicted molar refractivity (Wildman–Crippen MR) is 116 cm³/mol. The number of carbonyl (C=O) groups excluding carboxylic acids is 2. The van der Waals surface area contributed by atoms with E-state index in [0.717, 1.165) is 16.3 Å². The van der Waals surface area contributed by atoms with Gasteiger partial charge < -0.3 is 10.1 Å². The zero-order chi connectivity index (χ0) is 20.8. The Kier molecular flexibility index (Phi) is 5.80. The lowest BCUT2D eigenvalue weighted by molar-refractivity contribution is -0.117. The molecule has 1 N–H and O–H groups in total. The molecule has 0 radical (unpaired) electrons. The molecule has 0 saturated heterocycles. The Bertz CT molecular complexity index is 1170. The smallest absolute Gasteiger partial charge is 0.252 e. The maximum absolute atomic E-state index is 12.5. The van der Waals surface area contributed by atoms with Crippen LogP contribution in [0.25, 0.3) is 10.8 Å². The summed E-state index contributed by atoms with van der Waals surface area (Å²) >= 11 is 0. The summed E-state index contributed by atoms with van der Waals surface area (Å²) < 4.78 is 5.72. The highest BCUT2D eigenvalue weighted by atomic mass is 16.5. The molecular weight excluding hydrogens is 376 g/mol. The fourth-order valence-corrected chi connectivity index (χ4v) is 3.21. The summed E-state index contributed by atoms with van der Waals surface area (Å²) in [6.07, 6.45) is 3.56. The van der Waals surface area contributed by atoms with Crippen molar-refractivity contribution in [2.24, 2.45) is 0 Å². The van der Waals surface area contributed by atoms with Crippen molar-refractivity contribution >= 4 is 22.5 Å². The molecule has 1 aromatic heterocycles. The molecule has 3 aromatic carbocycles. The molecule has 0 bridgehead atoms. The van der Waals surface area contributed by atoms with E-state index in [-0.39, 0.29) is 24.7 Å². The molecule has 0 fully saturated rings. The number of benzene rings is 3. The maximum Gasteiger partial charge on any atom is 0.252 e. The quantitative estimate of drug-likeness (QED) is 0.497. The van der Waals surface area contributed by atoms with Gasteiger partial charge in [0.2, 0.25) is 0 Å². The number of carbonyl (C=O) groups is 2. The first-order chi connectivity index (χ1) is 14.7. The van der Waals surface area contributed by atoms with Crippen molar-refractivity contribution < 1.29 is 14.3 Å². The third-order valence-electron chi connectivity index (χ3n) is 4.69. The second-order valence-corrected chi connectivity index (χ2v) is 6.85. The van der Waals surface area contributed by atoms with Gasteiger partial charge in [-0.3, -0.25) is 14.6 Å². The summed E-state index contributed by atoms with van der Waals surface area (Å²) in [5.41, 5.74) is 1.43. The summed E-state index contributed by atoms with van der Waals surface area (Å²) in [4.78, 5) is 28.8. The molecule has 4 aromatic rings. The number of fused-ring (bicyclic) bond motifs is 1. The first kappa shape index (κ1) is 19.3. The predicted octanol–water partition coefficient (Wildman–Crippen LogP) is 4.57. The number of nitrogens with one attached hydrogen (secondary N) is 1. The van der Waals surface area contributed by atoms with Gasteiger partial charge in [0, 0.05) is 24.4 Å². The van der Waals surface area contributed by atoms with E-state index in [2.05, 4.69) is 10.3 Å². The van der Waals surface area contributed by atoms with Crippen LogP contribution in [0.3, 0.4) is 0 Å². The normalized spacial score (nSPS) is 10.5. The highest BCUT2D eigenvalue weighted by Crippen LogP contribution is 2.21. The molecule has 1 heterocycles. The number of ether oxygens (including phenoxy) is 1. The molecule has 1 amide bonds. The van der Waals surface area contributed by atoms with Crippen LogP contribution in [0, 0.1) is 0 Å². The average Bonchev–Trinajstić information content (AvgIpc) is 2.79. The molecule has 148 valence electrons. The lowest BCUT2D eigenvalue weighted by atomic mass is 10.0. The number of ketones is 1. The van der Waals surface area contributed by atoms with Gasteiger partial charge in [0.25, 0.3) is 5.91 Å². The molecule has 0 aliphatic carbocycles. The van der Waals surface area contributed by atoms with Gasteiger partial charge in [0.05, 0.1) is 6.54 Å². The number of amides is 1. The Balaban J connectivity index is 1.33. The summed E-state index contributed by atoms with van der Waals surface area (Å²) in [6, 6.07) is 24.1. The Morgan fingerprint density at radius 2 is 1.50 bits per heavy atom. The zero-order valence-corrected chi connectivity index (χ0v) is 16.2. The van der Waals surface area contributed by atoms with Gasteiger partial charge in [0.1, 0.15) is 11.5 Å². The van der Waals surface area contributed by atoms with Crippen molar-refractivity contribution in [3.63, 3.8) is 0 Å². The van der Waals surface area contributed by atoms with Crippen molar-refractivity contribution in [1.82, 2.24) is 10.3 Å². The molecule has 30 heavy (non-hydrogen) atoms. The molecule has 0 spiro atoms. The molecule has 0 aliphatic rings. The van der Waals surface area contributed by atoms with Crippen molar-refractivity contribution in [2.75, 3.05) is 6.54 Å². The first-order valence-electron chi connectivity index (χ1n) is 9.63. The van der Waals surface area contributed by atoms with Crippen molar-refractivity contribution in [1.29, 1.82) is 0 Å². The van der Waals surface area contributed by atoms with E-state index in [0.29, 0.717) is 17.1 Å². The molecule has 5 nitrogen and oxygen atoms in total. The van der Waals surface area contributed by atoms with E-state index >= 15 is 0 Å². The monoisotopic (exact) mass is 396 g/mol. The van der Waals surface area contributed by atoms with Crippen molar-refractivity contribution in [3.05, 3.63) is 102 Å². The number of Topliss-reactive ketones (excluding diaryl/α,β-unsaturated/α-hetero) is 1. The molecule has 0 aliphatic heterocycles. The summed E-state index contributed by atoms with van der Waals surface area (Å²) in [5.74, 6) is 1.07. The molecule has 5 heteroatoms. The Morgan fingerprint density at radius 1 is 0.800 bits per heavy atom. The van der Waals surface area contributed by atoms with Crippen LogP contribution in [0.1, 0.15) is 15.9 Å². The fraction of sp³-hybridized carbons (Fsp3) is 0.0800. The van der Waals surface area contributed by atoms with Gasteiger partial charge in [-0.15, -0.1) is 0 Å². The van der Waals surface area contributed by atoms with E-state index in [1.54, 1.807) is 30.6 Å². The maximum atomic E-state index is 12.5. The van der Waals surface area contributed by atoms with Crippen LogP contribution in [0.4, 0.5) is 0 Å². The zero-order valence-electron chi connectivity index (χ0n) is 16.2. The summed E-state index contributed by atoms with van der Waals surface area (Å²) in [6.45, 7) is -0.0165. The lowest BCUT2D eigenvalue weighted by Gasteiger charge is -2.08. The van der Waals surface area contributed by atoms with Gasteiger partial charge in [-0.25, -0.2) is 0 Å². The van der Waals surface area contributed by atoms with Gasteiger partial charge in [-0.05, 0) is 46.7 Å². The number of hydrogen-bond donors (Lipinski definition) is 1. The van der Waals surface area contributed by atoms with Crippen LogP contribution in [-0.2, 0) is 11.2 Å². The standard InChI is InChI=1S/C25H20N2O3/c28-20(16-18-8-10-21(11-9-18)30-22-12-14-26-15-13-22)17-27-25(29)24-7-3-5-19-4-1-2-6-23(19)24/h1-15H,16-17H2,(H,27,29). The molecule has 0 saturated carbocycles. The van der Waals surface area contributed by atoms with Gasteiger partial charge in [0.15, 0.2) is 5.78 Å². The number of hydrogen-bond acceptors (Lipinski definition) is 4. The van der Waals surface area contributed by atoms with Gasteiger partial charge in [-0.1, -0.05) is 48.5 Å². The number of rotatable bonds is 7. The third-order valence-corrected chi connectivity index (χ3v) is 4.69. The van der Waals surface area contributed by atoms with E-state index in [9.17, 15) is 9.59 Å². The second kappa shape index (κ2) is 9.01. The highest BCUT2D eigenvalue weighted by molar-refractivity contribution is 6.07. The highest BCUT2D eigenvalue weighted by Gasteiger charge is 2.11. The van der Waals surface area contributed by atoms with Crippen LogP contribution in [0.15, 0.2) is 91.3 Å². The van der Waals surface area contributed by atoms with Gasteiger partial charge in [-0.2, -0.15) is 0 Å². The Hall–Kier alpha value is -3.99. The van der Waals surface area contributed by atoms with Gasteiger partial charge >= 0.3 is 0 Å². The minimum atomic E-state index is -0.249. The molecule has 0 unspecified atom stereocenters. The average molecular weight is 396 g/mol. The van der Waals surface area contributed by atoms with Crippen molar-refractivity contribution in [3.8, 4) is 11.5 Å². The minimum Gasteiger partial charge on any atom is -0.457 e. The Morgan fingerprint density at radius 3 is 2.30 bits per heavy atom. The van der Waals surface area contributed by atoms with E-state index in [4.69, 9.17) is 4.74 Å². The van der Waals surface area contributed by atoms with Crippen LogP contribution in [-0.4, -0.2) is 23.2 Å². The van der Waals surface area contributed by atoms with E-state index in [1.165, 1.54) is 0 Å². The SMILES string of the molecule is O=C(CNC(=O)c1cccc2ccccc12)Cc1ccc(Oc2ccncc2)cc1. The van der Waals surface area contributed by atoms with Crippen LogP contribution in [0.5, 0.6) is 11.5 Å². The Labute approximate surface area is 174 Å². The molecular formula is C25H20N2O3. The van der Waals surface area contributed by atoms with Crippen LogP contribution >= 0.6 is 0 Å². The third kappa shape index (κ3) is 4.70. The second-order valence-electron chi connectivity index (χ2n) is 6.85. The summed E-state index contributed by atoms with van der Waals surface area (Å²) in [5, 5.41) is 4.60. The first-order valence-corrected chi connectivity index (χ1v) is 9.63. The number of pyridine rings is 1.